The van der Waals surface area contributed by atoms with Gasteiger partial charge in [-0.25, -0.2) is 0 Å². The van der Waals surface area contributed by atoms with E-state index >= 15 is 0 Å². The highest BCUT2D eigenvalue weighted by atomic mass is 28.4. The lowest BCUT2D eigenvalue weighted by molar-refractivity contribution is 0.0588. The summed E-state index contributed by atoms with van der Waals surface area (Å²) < 4.78 is 23.3. The van der Waals surface area contributed by atoms with Crippen molar-refractivity contribution in [3.63, 3.8) is 0 Å². The third kappa shape index (κ3) is 3.44. The van der Waals surface area contributed by atoms with E-state index in [2.05, 4.69) is 6.92 Å². The van der Waals surface area contributed by atoms with Crippen molar-refractivity contribution in [2.75, 3.05) is 19.8 Å². The fourth-order valence-corrected chi connectivity index (χ4v) is 5.22. The molecule has 1 aromatic heterocycles. The molecule has 0 aliphatic heterocycles. The molecule has 1 atom stereocenters. The third-order valence-corrected chi connectivity index (χ3v) is 6.38. The molecule has 0 bridgehead atoms. The van der Waals surface area contributed by atoms with Crippen LogP contribution >= 0.6 is 0 Å². The Hall–Kier alpha value is -0.623. The largest absolute Gasteiger partial charge is 0.512 e. The summed E-state index contributed by atoms with van der Waals surface area (Å²) in [6.45, 7) is 9.76. The van der Waals surface area contributed by atoms with Crippen LogP contribution in [-0.4, -0.2) is 28.6 Å². The Bertz CT molecular complexity index is 296. The van der Waals surface area contributed by atoms with Gasteiger partial charge in [-0.05, 0) is 39.3 Å². The quantitative estimate of drug-likeness (QED) is 0.646. The molecule has 0 radical (unpaired) electrons. The first kappa shape index (κ1) is 15.4. The molecule has 1 heterocycles. The molecule has 1 rings (SSSR count). The minimum Gasteiger partial charge on any atom is -0.469 e. The molecule has 4 nitrogen and oxygen atoms in total. The second-order valence-corrected chi connectivity index (χ2v) is 6.65. The normalized spacial score (nSPS) is 13.8. The minimum absolute atomic E-state index is 0.0624. The fraction of sp³-hybridized carbons (Fsp3) is 0.692. The van der Waals surface area contributed by atoms with Crippen molar-refractivity contribution >= 4 is 8.80 Å². The summed E-state index contributed by atoms with van der Waals surface area (Å²) in [4.78, 5) is 0. The van der Waals surface area contributed by atoms with Gasteiger partial charge in [0.1, 0.15) is 5.76 Å². The van der Waals surface area contributed by atoms with Crippen LogP contribution in [0.2, 0.25) is 0 Å². The van der Waals surface area contributed by atoms with Gasteiger partial charge in [-0.2, -0.15) is 0 Å². The van der Waals surface area contributed by atoms with Gasteiger partial charge >= 0.3 is 8.80 Å². The fourth-order valence-electron chi connectivity index (χ4n) is 2.15. The highest BCUT2D eigenvalue weighted by Crippen LogP contribution is 2.33. The predicted octanol–water partition coefficient (Wildman–Crippen LogP) is 3.36. The zero-order valence-electron chi connectivity index (χ0n) is 11.8. The lowest BCUT2D eigenvalue weighted by atomic mass is 10.3. The molecule has 0 aliphatic carbocycles. The Morgan fingerprint density at radius 3 is 1.94 bits per heavy atom. The molecule has 0 saturated heterocycles. The third-order valence-electron chi connectivity index (χ3n) is 2.76. The molecular weight excluding hydrogens is 248 g/mol. The van der Waals surface area contributed by atoms with Gasteiger partial charge in [-0.3, -0.25) is 0 Å². The van der Waals surface area contributed by atoms with Gasteiger partial charge in [0.25, 0.3) is 0 Å². The highest BCUT2D eigenvalue weighted by Gasteiger charge is 2.50. The molecule has 0 fully saturated rings. The molecular formula is C13H24O4Si. The Balaban J connectivity index is 3.03. The number of hydrogen-bond acceptors (Lipinski definition) is 4. The van der Waals surface area contributed by atoms with Crippen LogP contribution in [-0.2, 0) is 13.3 Å². The second kappa shape index (κ2) is 7.73. The first-order valence-electron chi connectivity index (χ1n) is 6.69. The summed E-state index contributed by atoms with van der Waals surface area (Å²) >= 11 is 0. The van der Waals surface area contributed by atoms with E-state index in [9.17, 15) is 0 Å². The second-order valence-electron chi connectivity index (χ2n) is 3.88. The van der Waals surface area contributed by atoms with Crippen molar-refractivity contribution in [3.05, 3.63) is 24.2 Å². The molecule has 0 spiro atoms. The summed E-state index contributed by atoms with van der Waals surface area (Å²) in [6, 6.07) is 3.86. The molecule has 5 heteroatoms. The standard InChI is InChI=1S/C13H24O4Si/c1-5-13(12-10-9-11-14-12)18(15-6-2,16-7-3)17-8-4/h9-11,13H,5-8H2,1-4H3. The highest BCUT2D eigenvalue weighted by molar-refractivity contribution is 6.62. The summed E-state index contributed by atoms with van der Waals surface area (Å²) in [6.07, 6.45) is 2.56. The molecule has 0 aromatic carbocycles. The Morgan fingerprint density at radius 2 is 1.61 bits per heavy atom. The van der Waals surface area contributed by atoms with E-state index in [1.165, 1.54) is 0 Å². The van der Waals surface area contributed by atoms with Crippen LogP contribution in [0, 0.1) is 0 Å². The molecule has 1 unspecified atom stereocenters. The molecule has 0 saturated carbocycles. The van der Waals surface area contributed by atoms with E-state index in [-0.39, 0.29) is 5.54 Å². The summed E-state index contributed by atoms with van der Waals surface area (Å²) in [5, 5.41) is 0. The average molecular weight is 272 g/mol. The van der Waals surface area contributed by atoms with Crippen LogP contribution in [0.4, 0.5) is 0 Å². The van der Waals surface area contributed by atoms with Crippen molar-refractivity contribution in [2.24, 2.45) is 0 Å². The Labute approximate surface area is 111 Å². The van der Waals surface area contributed by atoms with Crippen molar-refractivity contribution in [2.45, 2.75) is 39.7 Å². The molecule has 0 N–H and O–H groups in total. The van der Waals surface area contributed by atoms with Gasteiger partial charge in [-0.1, -0.05) is 6.92 Å². The maximum Gasteiger partial charge on any atom is 0.512 e. The van der Waals surface area contributed by atoms with Crippen molar-refractivity contribution in [1.29, 1.82) is 0 Å². The van der Waals surface area contributed by atoms with E-state index in [0.717, 1.165) is 12.2 Å². The van der Waals surface area contributed by atoms with Gasteiger partial charge in [-0.15, -0.1) is 0 Å². The van der Waals surface area contributed by atoms with Gasteiger partial charge in [0, 0.05) is 19.8 Å². The molecule has 18 heavy (non-hydrogen) atoms. The maximum absolute atomic E-state index is 5.92. The van der Waals surface area contributed by atoms with Gasteiger partial charge in [0.05, 0.1) is 11.8 Å². The van der Waals surface area contributed by atoms with E-state index in [1.54, 1.807) is 6.26 Å². The Morgan fingerprint density at radius 1 is 1.06 bits per heavy atom. The van der Waals surface area contributed by atoms with Crippen molar-refractivity contribution < 1.29 is 17.7 Å². The smallest absolute Gasteiger partial charge is 0.469 e. The van der Waals surface area contributed by atoms with E-state index in [4.69, 9.17) is 17.7 Å². The van der Waals surface area contributed by atoms with Crippen LogP contribution in [0.1, 0.15) is 45.4 Å². The SMILES string of the molecule is CCO[Si](OCC)(OCC)C(CC)c1ccco1. The molecule has 1 aromatic rings. The average Bonchev–Trinajstić information content (AvgIpc) is 2.84. The van der Waals surface area contributed by atoms with Crippen molar-refractivity contribution in [3.8, 4) is 0 Å². The van der Waals surface area contributed by atoms with Crippen LogP contribution in [0.5, 0.6) is 0 Å². The van der Waals surface area contributed by atoms with Gasteiger partial charge < -0.3 is 17.7 Å². The van der Waals surface area contributed by atoms with E-state index in [0.29, 0.717) is 19.8 Å². The van der Waals surface area contributed by atoms with E-state index in [1.807, 2.05) is 32.9 Å². The summed E-state index contributed by atoms with van der Waals surface area (Å²) in [5.74, 6) is 0.888. The minimum atomic E-state index is -2.72. The summed E-state index contributed by atoms with van der Waals surface area (Å²) in [5.41, 5.74) is 0.0624. The van der Waals surface area contributed by atoms with Crippen LogP contribution < -0.4 is 0 Å². The van der Waals surface area contributed by atoms with Crippen LogP contribution in [0.15, 0.2) is 22.8 Å². The maximum atomic E-state index is 5.92. The molecule has 104 valence electrons. The number of hydrogen-bond donors (Lipinski definition) is 0. The summed E-state index contributed by atoms with van der Waals surface area (Å²) in [7, 11) is -2.72. The first-order chi connectivity index (χ1) is 8.74. The molecule has 0 amide bonds. The van der Waals surface area contributed by atoms with E-state index < -0.39 is 8.80 Å². The lowest BCUT2D eigenvalue weighted by Crippen LogP contribution is -2.51. The topological polar surface area (TPSA) is 40.8 Å². The zero-order chi connectivity index (χ0) is 13.4. The van der Waals surface area contributed by atoms with Gasteiger partial charge in [0.15, 0.2) is 0 Å². The van der Waals surface area contributed by atoms with Gasteiger partial charge in [0.2, 0.25) is 0 Å². The van der Waals surface area contributed by atoms with Crippen LogP contribution in [0.3, 0.4) is 0 Å². The predicted molar refractivity (Wildman–Crippen MR) is 72.4 cm³/mol. The molecule has 0 aliphatic rings. The zero-order valence-corrected chi connectivity index (χ0v) is 12.8. The number of furan rings is 1. The first-order valence-corrected chi connectivity index (χ1v) is 8.49. The lowest BCUT2D eigenvalue weighted by Gasteiger charge is -2.33. The van der Waals surface area contributed by atoms with Crippen molar-refractivity contribution in [1.82, 2.24) is 0 Å². The van der Waals surface area contributed by atoms with Crippen LogP contribution in [0.25, 0.3) is 0 Å². The number of rotatable bonds is 9. The Kier molecular flexibility index (Phi) is 6.63. The monoisotopic (exact) mass is 272 g/mol.